The normalized spacial score (nSPS) is 36.3. The Morgan fingerprint density at radius 2 is 2.00 bits per heavy atom. The number of aryl methyl sites for hydroxylation is 1. The Morgan fingerprint density at radius 1 is 1.22 bits per heavy atom. The SMILES string of the molecule is C=CC[C@@H]1CC(C)(C)[C@@H](O)CCO[C@H](c2ccc3sc(C)nc3c2)C[C@@H]2O[C@]2(C)CCC[C@H](C)[C@@H]1O. The molecule has 4 rings (SSSR count). The number of aromatic nitrogens is 1. The van der Waals surface area contributed by atoms with E-state index >= 15 is 0 Å². The third-order valence-corrected chi connectivity index (χ3v) is 9.57. The maximum atomic E-state index is 11.2. The minimum atomic E-state index is -0.521. The first-order valence-corrected chi connectivity index (χ1v) is 14.5. The van der Waals surface area contributed by atoms with Gasteiger partial charge in [-0.25, -0.2) is 4.98 Å². The van der Waals surface area contributed by atoms with Crippen LogP contribution >= 0.6 is 11.3 Å². The predicted octanol–water partition coefficient (Wildman–Crippen LogP) is 6.75. The van der Waals surface area contributed by atoms with E-state index in [4.69, 9.17) is 9.47 Å². The second kappa shape index (κ2) is 11.2. The second-order valence-corrected chi connectivity index (χ2v) is 13.4. The maximum absolute atomic E-state index is 11.2. The van der Waals surface area contributed by atoms with E-state index in [0.29, 0.717) is 13.0 Å². The fourth-order valence-corrected chi connectivity index (χ4v) is 6.86. The topological polar surface area (TPSA) is 75.1 Å². The zero-order valence-corrected chi connectivity index (χ0v) is 23.5. The summed E-state index contributed by atoms with van der Waals surface area (Å²) in [5, 5.41) is 23.4. The van der Waals surface area contributed by atoms with Gasteiger partial charge in [-0.05, 0) is 80.9 Å². The van der Waals surface area contributed by atoms with Crippen molar-refractivity contribution in [1.29, 1.82) is 0 Å². The van der Waals surface area contributed by atoms with Crippen LogP contribution in [0.25, 0.3) is 10.2 Å². The molecule has 0 radical (unpaired) electrons. The summed E-state index contributed by atoms with van der Waals surface area (Å²) in [6.07, 6.45) is 6.85. The molecule has 5 nitrogen and oxygen atoms in total. The summed E-state index contributed by atoms with van der Waals surface area (Å²) >= 11 is 1.71. The first-order chi connectivity index (χ1) is 17.0. The molecule has 0 unspecified atom stereocenters. The average molecular weight is 516 g/mol. The molecule has 36 heavy (non-hydrogen) atoms. The van der Waals surface area contributed by atoms with Gasteiger partial charge in [0.05, 0.1) is 45.2 Å². The zero-order chi connectivity index (χ0) is 26.1. The molecule has 3 heterocycles. The molecule has 0 spiro atoms. The van der Waals surface area contributed by atoms with Crippen LogP contribution in [0.3, 0.4) is 0 Å². The number of allylic oxidation sites excluding steroid dienone is 1. The molecule has 2 aromatic rings. The molecule has 6 heteroatoms. The van der Waals surface area contributed by atoms with Crippen LogP contribution in [0.5, 0.6) is 0 Å². The highest BCUT2D eigenvalue weighted by Gasteiger charge is 2.52. The fourth-order valence-electron chi connectivity index (χ4n) is 6.06. The molecule has 2 aliphatic heterocycles. The number of ether oxygens (including phenoxy) is 2. The van der Waals surface area contributed by atoms with E-state index in [9.17, 15) is 10.2 Å². The third kappa shape index (κ3) is 6.39. The number of benzene rings is 1. The lowest BCUT2D eigenvalue weighted by Gasteiger charge is -2.37. The van der Waals surface area contributed by atoms with Crippen LogP contribution in [0.1, 0.15) is 89.3 Å². The van der Waals surface area contributed by atoms with E-state index in [1.54, 1.807) is 11.3 Å². The van der Waals surface area contributed by atoms with Gasteiger partial charge >= 0.3 is 0 Å². The van der Waals surface area contributed by atoms with Crippen molar-refractivity contribution in [2.24, 2.45) is 17.3 Å². The van der Waals surface area contributed by atoms with Crippen molar-refractivity contribution >= 4 is 21.6 Å². The van der Waals surface area contributed by atoms with E-state index < -0.39 is 12.2 Å². The highest BCUT2D eigenvalue weighted by molar-refractivity contribution is 7.18. The lowest BCUT2D eigenvalue weighted by molar-refractivity contribution is -0.0361. The summed E-state index contributed by atoms with van der Waals surface area (Å²) in [5.41, 5.74) is 1.68. The molecule has 0 aliphatic carbocycles. The van der Waals surface area contributed by atoms with Gasteiger partial charge in [-0.3, -0.25) is 0 Å². The van der Waals surface area contributed by atoms with Crippen LogP contribution in [0, 0.1) is 24.2 Å². The molecule has 2 fully saturated rings. The number of hydrogen-bond donors (Lipinski definition) is 2. The summed E-state index contributed by atoms with van der Waals surface area (Å²) < 4.78 is 13.9. The third-order valence-electron chi connectivity index (χ3n) is 8.62. The Labute approximate surface area is 220 Å². The molecule has 2 saturated heterocycles. The van der Waals surface area contributed by atoms with Crippen molar-refractivity contribution in [3.05, 3.63) is 41.4 Å². The lowest BCUT2D eigenvalue weighted by Crippen LogP contribution is -2.37. The van der Waals surface area contributed by atoms with E-state index in [2.05, 4.69) is 57.5 Å². The number of aliphatic hydroxyl groups is 2. The summed E-state index contributed by atoms with van der Waals surface area (Å²) in [5.74, 6) is 0.276. The Balaban J connectivity index is 1.55. The van der Waals surface area contributed by atoms with E-state index in [-0.39, 0.29) is 35.1 Å². The van der Waals surface area contributed by atoms with Crippen LogP contribution in [-0.2, 0) is 9.47 Å². The van der Waals surface area contributed by atoms with Crippen molar-refractivity contribution in [3.8, 4) is 0 Å². The molecule has 0 saturated carbocycles. The van der Waals surface area contributed by atoms with Gasteiger partial charge in [-0.15, -0.1) is 17.9 Å². The maximum Gasteiger partial charge on any atom is 0.0921 e. The van der Waals surface area contributed by atoms with Crippen LogP contribution in [0.2, 0.25) is 0 Å². The minimum Gasteiger partial charge on any atom is -0.393 e. The minimum absolute atomic E-state index is 0.0810. The second-order valence-electron chi connectivity index (χ2n) is 12.1. The molecule has 0 amide bonds. The summed E-state index contributed by atoms with van der Waals surface area (Å²) in [4.78, 5) is 4.69. The molecule has 2 aliphatic rings. The molecule has 200 valence electrons. The van der Waals surface area contributed by atoms with Gasteiger partial charge < -0.3 is 19.7 Å². The van der Waals surface area contributed by atoms with Gasteiger partial charge in [0.2, 0.25) is 0 Å². The lowest BCUT2D eigenvalue weighted by atomic mass is 9.72. The fraction of sp³-hybridized carbons (Fsp3) is 0.700. The van der Waals surface area contributed by atoms with Crippen molar-refractivity contribution < 1.29 is 19.7 Å². The molecule has 2 N–H and O–H groups in total. The van der Waals surface area contributed by atoms with Gasteiger partial charge in [-0.1, -0.05) is 39.3 Å². The van der Waals surface area contributed by atoms with Crippen LogP contribution in [0.15, 0.2) is 30.9 Å². The van der Waals surface area contributed by atoms with E-state index in [1.807, 2.05) is 13.0 Å². The largest absolute Gasteiger partial charge is 0.393 e. The highest BCUT2D eigenvalue weighted by Crippen LogP contribution is 2.47. The smallest absolute Gasteiger partial charge is 0.0921 e. The molecule has 7 atom stereocenters. The molecule has 1 aromatic carbocycles. The Bertz CT molecular complexity index is 1040. The number of epoxide rings is 1. The molecular formula is C30H45NO4S. The number of aliphatic hydroxyl groups excluding tert-OH is 2. The van der Waals surface area contributed by atoms with Crippen LogP contribution < -0.4 is 0 Å². The van der Waals surface area contributed by atoms with Crippen molar-refractivity contribution in [1.82, 2.24) is 4.98 Å². The van der Waals surface area contributed by atoms with Crippen molar-refractivity contribution in [2.75, 3.05) is 6.61 Å². The van der Waals surface area contributed by atoms with Crippen LogP contribution in [-0.4, -0.2) is 45.7 Å². The molecular weight excluding hydrogens is 470 g/mol. The van der Waals surface area contributed by atoms with E-state index in [1.165, 1.54) is 4.70 Å². The standard InChI is InChI=1S/C30H45NO4S/c1-7-9-22-18-29(4,5)26(32)13-15-34-24(21-11-12-25-23(16-21)31-20(3)36-25)17-27-30(6,35-27)14-8-10-19(2)28(22)33/h7,11-12,16,19,22,24,26-28,32-33H,1,8-10,13-15,17-18H2,2-6H3/t19-,22+,24-,26-,27-,28-,30+/m0/s1. The van der Waals surface area contributed by atoms with Gasteiger partial charge in [0, 0.05) is 13.0 Å². The summed E-state index contributed by atoms with van der Waals surface area (Å²) in [6, 6.07) is 6.46. The molecule has 1 aromatic heterocycles. The monoisotopic (exact) mass is 515 g/mol. The first kappa shape index (κ1) is 27.7. The predicted molar refractivity (Wildman–Crippen MR) is 147 cm³/mol. The summed E-state index contributed by atoms with van der Waals surface area (Å²) in [6.45, 7) is 15.0. The van der Waals surface area contributed by atoms with Gasteiger partial charge in [0.1, 0.15) is 0 Å². The van der Waals surface area contributed by atoms with Gasteiger partial charge in [0.25, 0.3) is 0 Å². The number of rotatable bonds is 3. The van der Waals surface area contributed by atoms with E-state index in [0.717, 1.165) is 54.6 Å². The van der Waals surface area contributed by atoms with Gasteiger partial charge in [0.15, 0.2) is 0 Å². The highest BCUT2D eigenvalue weighted by atomic mass is 32.1. The van der Waals surface area contributed by atoms with Gasteiger partial charge in [-0.2, -0.15) is 0 Å². The number of thiazole rings is 1. The quantitative estimate of drug-likeness (QED) is 0.349. The van der Waals surface area contributed by atoms with Crippen molar-refractivity contribution in [2.45, 2.75) is 110 Å². The number of hydrogen-bond acceptors (Lipinski definition) is 6. The van der Waals surface area contributed by atoms with Crippen molar-refractivity contribution in [3.63, 3.8) is 0 Å². The van der Waals surface area contributed by atoms with Crippen LogP contribution in [0.4, 0.5) is 0 Å². The Morgan fingerprint density at radius 3 is 2.75 bits per heavy atom. The molecule has 0 bridgehead atoms. The number of nitrogens with zero attached hydrogens (tertiary/aromatic N) is 1. The zero-order valence-electron chi connectivity index (χ0n) is 22.7. The first-order valence-electron chi connectivity index (χ1n) is 13.7. The summed E-state index contributed by atoms with van der Waals surface area (Å²) in [7, 11) is 0. The Hall–Kier alpha value is -1.31. The average Bonchev–Trinajstić information content (AvgIpc) is 3.29. The Kier molecular flexibility index (Phi) is 8.63. The number of fused-ring (bicyclic) bond motifs is 2.